The van der Waals surface area contributed by atoms with Crippen molar-refractivity contribution in [2.24, 2.45) is 0 Å². The Balaban J connectivity index is 2.09. The lowest BCUT2D eigenvalue weighted by Gasteiger charge is -2.19. The third-order valence-corrected chi connectivity index (χ3v) is 4.27. The van der Waals surface area contributed by atoms with Crippen LogP contribution in [0.3, 0.4) is 0 Å². The highest BCUT2D eigenvalue weighted by Crippen LogP contribution is 2.36. The van der Waals surface area contributed by atoms with Gasteiger partial charge in [0.15, 0.2) is 0 Å². The van der Waals surface area contributed by atoms with Gasteiger partial charge in [-0.05, 0) is 40.2 Å². The maximum Gasteiger partial charge on any atom is 0.261 e. The Kier molecular flexibility index (Phi) is 3.35. The number of rotatable bonds is 2. The predicted octanol–water partition coefficient (Wildman–Crippen LogP) is 1.09. The molecule has 0 radical (unpaired) electrons. The molecule has 0 aromatic heterocycles. The Morgan fingerprint density at radius 1 is 0.783 bits per heavy atom. The molecule has 2 aliphatic heterocycles. The first-order valence-electron chi connectivity index (χ1n) is 7.66. The van der Waals surface area contributed by atoms with Crippen LogP contribution in [-0.2, 0) is 19.2 Å². The van der Waals surface area contributed by atoms with Gasteiger partial charge in [0.1, 0.15) is 0 Å². The summed E-state index contributed by atoms with van der Waals surface area (Å²) in [5.74, 6) is -1.51. The standard InChI is InChI=1S/C17H18N2O4/c1-8(2)18-14(20)10-5-6-11-13(7-12(10)16(18)22)17(23)19(9(3)4)15(11)21/h5,7-9H,6H2,1-4H3. The lowest BCUT2D eigenvalue weighted by atomic mass is 10.1. The molecular formula is C17H18N2O4. The van der Waals surface area contributed by atoms with Crippen molar-refractivity contribution >= 4 is 23.6 Å². The molecule has 0 aromatic rings. The quantitative estimate of drug-likeness (QED) is 0.715. The molecule has 120 valence electrons. The minimum atomic E-state index is -0.409. The van der Waals surface area contributed by atoms with E-state index in [1.165, 1.54) is 15.9 Å². The minimum absolute atomic E-state index is 0.184. The number of hydrogen-bond acceptors (Lipinski definition) is 4. The molecule has 23 heavy (non-hydrogen) atoms. The maximum atomic E-state index is 12.5. The zero-order valence-corrected chi connectivity index (χ0v) is 13.5. The molecule has 4 amide bonds. The van der Waals surface area contributed by atoms with E-state index < -0.39 is 11.8 Å². The van der Waals surface area contributed by atoms with Gasteiger partial charge in [-0.15, -0.1) is 0 Å². The SMILES string of the molecule is CC(C)N1C(=O)C2=CCC3=C(C=C2C1=O)C(=O)N(C(C)C)C3=O. The van der Waals surface area contributed by atoms with Crippen molar-refractivity contribution in [3.8, 4) is 0 Å². The van der Waals surface area contributed by atoms with Crippen LogP contribution < -0.4 is 0 Å². The van der Waals surface area contributed by atoms with Crippen molar-refractivity contribution in [2.45, 2.75) is 46.2 Å². The van der Waals surface area contributed by atoms with E-state index in [0.29, 0.717) is 5.57 Å². The van der Waals surface area contributed by atoms with Crippen molar-refractivity contribution in [1.29, 1.82) is 0 Å². The lowest BCUT2D eigenvalue weighted by molar-refractivity contribution is -0.140. The van der Waals surface area contributed by atoms with Crippen LogP contribution in [0.15, 0.2) is 34.4 Å². The van der Waals surface area contributed by atoms with Gasteiger partial charge in [0.2, 0.25) is 0 Å². The van der Waals surface area contributed by atoms with Crippen molar-refractivity contribution in [3.05, 3.63) is 34.4 Å². The summed E-state index contributed by atoms with van der Waals surface area (Å²) in [5, 5.41) is 0. The van der Waals surface area contributed by atoms with Crippen LogP contribution in [0.2, 0.25) is 0 Å². The summed E-state index contributed by atoms with van der Waals surface area (Å²) in [6.07, 6.45) is 3.19. The summed E-state index contributed by atoms with van der Waals surface area (Å²) in [4.78, 5) is 52.2. The largest absolute Gasteiger partial charge is 0.272 e. The molecule has 0 bridgehead atoms. The van der Waals surface area contributed by atoms with Crippen LogP contribution in [0.1, 0.15) is 34.1 Å². The zero-order chi connectivity index (χ0) is 17.0. The van der Waals surface area contributed by atoms with Crippen LogP contribution in [0, 0.1) is 0 Å². The first-order chi connectivity index (χ1) is 10.8. The molecule has 6 heteroatoms. The Hall–Kier alpha value is -2.50. The number of likely N-dealkylation sites (tertiary alicyclic amines) is 1. The van der Waals surface area contributed by atoms with E-state index in [0.717, 1.165) is 0 Å². The molecular weight excluding hydrogens is 296 g/mol. The van der Waals surface area contributed by atoms with Crippen LogP contribution in [0.5, 0.6) is 0 Å². The number of carbonyl (C=O) groups excluding carboxylic acids is 4. The van der Waals surface area contributed by atoms with Crippen LogP contribution in [-0.4, -0.2) is 45.5 Å². The average molecular weight is 314 g/mol. The fourth-order valence-corrected chi connectivity index (χ4v) is 3.16. The van der Waals surface area contributed by atoms with Crippen LogP contribution >= 0.6 is 0 Å². The number of imide groups is 2. The van der Waals surface area contributed by atoms with E-state index in [1.54, 1.807) is 33.8 Å². The molecule has 0 aromatic carbocycles. The Bertz CT molecular complexity index is 753. The van der Waals surface area contributed by atoms with E-state index >= 15 is 0 Å². The summed E-state index contributed by atoms with van der Waals surface area (Å²) in [5.41, 5.74) is 1.08. The van der Waals surface area contributed by atoms with E-state index in [2.05, 4.69) is 0 Å². The van der Waals surface area contributed by atoms with Crippen LogP contribution in [0.25, 0.3) is 0 Å². The topological polar surface area (TPSA) is 74.8 Å². The summed E-state index contributed by atoms with van der Waals surface area (Å²) in [7, 11) is 0. The van der Waals surface area contributed by atoms with E-state index in [4.69, 9.17) is 0 Å². The summed E-state index contributed by atoms with van der Waals surface area (Å²) >= 11 is 0. The smallest absolute Gasteiger partial charge is 0.261 e. The van der Waals surface area contributed by atoms with Gasteiger partial charge in [-0.1, -0.05) is 6.08 Å². The van der Waals surface area contributed by atoms with Crippen molar-refractivity contribution in [2.75, 3.05) is 0 Å². The van der Waals surface area contributed by atoms with Crippen molar-refractivity contribution in [3.63, 3.8) is 0 Å². The number of carbonyl (C=O) groups is 4. The highest BCUT2D eigenvalue weighted by atomic mass is 16.2. The van der Waals surface area contributed by atoms with Gasteiger partial charge in [0.05, 0.1) is 5.57 Å². The van der Waals surface area contributed by atoms with Gasteiger partial charge in [0.25, 0.3) is 23.6 Å². The zero-order valence-electron chi connectivity index (χ0n) is 13.5. The fourth-order valence-electron chi connectivity index (χ4n) is 3.16. The molecule has 0 unspecified atom stereocenters. The Morgan fingerprint density at radius 2 is 1.30 bits per heavy atom. The second-order valence-electron chi connectivity index (χ2n) is 6.42. The number of nitrogens with zero attached hydrogens (tertiary/aromatic N) is 2. The van der Waals surface area contributed by atoms with Gasteiger partial charge in [0, 0.05) is 28.8 Å². The van der Waals surface area contributed by atoms with Gasteiger partial charge in [-0.2, -0.15) is 0 Å². The Labute approximate surface area is 134 Å². The lowest BCUT2D eigenvalue weighted by Crippen LogP contribution is -2.37. The van der Waals surface area contributed by atoms with E-state index in [-0.39, 0.29) is 47.0 Å². The maximum absolute atomic E-state index is 12.5. The van der Waals surface area contributed by atoms with Gasteiger partial charge < -0.3 is 0 Å². The number of amides is 4. The predicted molar refractivity (Wildman–Crippen MR) is 81.8 cm³/mol. The molecule has 0 spiro atoms. The normalized spacial score (nSPS) is 21.3. The van der Waals surface area contributed by atoms with Gasteiger partial charge >= 0.3 is 0 Å². The third-order valence-electron chi connectivity index (χ3n) is 4.27. The molecule has 1 aliphatic carbocycles. The van der Waals surface area contributed by atoms with E-state index in [1.807, 2.05) is 0 Å². The molecule has 0 atom stereocenters. The van der Waals surface area contributed by atoms with Crippen LogP contribution in [0.4, 0.5) is 0 Å². The Morgan fingerprint density at radius 3 is 1.87 bits per heavy atom. The summed E-state index contributed by atoms with van der Waals surface area (Å²) in [6, 6.07) is -0.512. The monoisotopic (exact) mass is 314 g/mol. The molecule has 6 nitrogen and oxygen atoms in total. The minimum Gasteiger partial charge on any atom is -0.272 e. The molecule has 1 saturated heterocycles. The second kappa shape index (κ2) is 5.01. The molecule has 1 fully saturated rings. The van der Waals surface area contributed by atoms with Crippen molar-refractivity contribution < 1.29 is 19.2 Å². The molecule has 3 aliphatic rings. The van der Waals surface area contributed by atoms with E-state index in [9.17, 15) is 19.2 Å². The summed E-state index contributed by atoms with van der Waals surface area (Å²) < 4.78 is 0. The molecule has 3 rings (SSSR count). The third kappa shape index (κ3) is 2.01. The number of hydrogen-bond donors (Lipinski definition) is 0. The van der Waals surface area contributed by atoms with Gasteiger partial charge in [-0.25, -0.2) is 0 Å². The number of allylic oxidation sites excluding steroid dienone is 1. The highest BCUT2D eigenvalue weighted by Gasteiger charge is 2.45. The fraction of sp³-hybridized carbons (Fsp3) is 0.412. The molecule has 0 N–H and O–H groups in total. The average Bonchev–Trinajstić information content (AvgIpc) is 2.74. The highest BCUT2D eigenvalue weighted by molar-refractivity contribution is 6.28. The first-order valence-corrected chi connectivity index (χ1v) is 7.66. The number of fused-ring (bicyclic) bond motifs is 1. The second-order valence-corrected chi connectivity index (χ2v) is 6.42. The molecule has 0 saturated carbocycles. The summed E-state index contributed by atoms with van der Waals surface area (Å²) in [6.45, 7) is 7.05. The van der Waals surface area contributed by atoms with Crippen molar-refractivity contribution in [1.82, 2.24) is 9.80 Å². The molecule has 2 heterocycles. The van der Waals surface area contributed by atoms with Gasteiger partial charge in [-0.3, -0.25) is 29.0 Å². The first kappa shape index (κ1) is 15.4.